The van der Waals surface area contributed by atoms with E-state index in [9.17, 15) is 14.0 Å². The van der Waals surface area contributed by atoms with Gasteiger partial charge in [-0.2, -0.15) is 0 Å². The molecule has 0 unspecified atom stereocenters. The van der Waals surface area contributed by atoms with E-state index >= 15 is 0 Å². The van der Waals surface area contributed by atoms with Crippen LogP contribution >= 0.6 is 0 Å². The number of benzene rings is 2. The fourth-order valence-electron chi connectivity index (χ4n) is 3.92. The van der Waals surface area contributed by atoms with Crippen LogP contribution in [0.15, 0.2) is 53.3 Å². The smallest absolute Gasteiger partial charge is 0.266 e. The summed E-state index contributed by atoms with van der Waals surface area (Å²) in [6, 6.07) is 12.5. The minimum Gasteiger partial charge on any atom is -0.331 e. The van der Waals surface area contributed by atoms with E-state index in [0.717, 1.165) is 19.3 Å². The van der Waals surface area contributed by atoms with Crippen LogP contribution in [0.5, 0.6) is 0 Å². The Bertz CT molecular complexity index is 1140. The van der Waals surface area contributed by atoms with Crippen molar-refractivity contribution >= 4 is 16.8 Å². The van der Waals surface area contributed by atoms with Gasteiger partial charge >= 0.3 is 0 Å². The highest BCUT2D eigenvalue weighted by atomic mass is 19.1. The molecule has 0 N–H and O–H groups in total. The van der Waals surface area contributed by atoms with E-state index in [4.69, 9.17) is 4.98 Å². The second kappa shape index (κ2) is 11.2. The zero-order valence-corrected chi connectivity index (χ0v) is 19.9. The lowest BCUT2D eigenvalue weighted by Crippen LogP contribution is -2.40. The van der Waals surface area contributed by atoms with Crippen molar-refractivity contribution in [2.45, 2.75) is 45.6 Å². The summed E-state index contributed by atoms with van der Waals surface area (Å²) in [6.45, 7) is 5.23. The van der Waals surface area contributed by atoms with Gasteiger partial charge in [-0.05, 0) is 63.8 Å². The third-order valence-corrected chi connectivity index (χ3v) is 5.83. The number of fused-ring (bicyclic) bond motifs is 1. The number of hydrogen-bond acceptors (Lipinski definition) is 4. The molecule has 3 aromatic rings. The molecule has 1 atom stereocenters. The number of carbonyl (C=O) groups excluding carboxylic acids is 1. The van der Waals surface area contributed by atoms with E-state index < -0.39 is 6.04 Å². The molecule has 0 spiro atoms. The second-order valence-corrected chi connectivity index (χ2v) is 8.63. The fraction of sp³-hybridized carbons (Fsp3) is 0.423. The zero-order chi connectivity index (χ0) is 24.0. The Morgan fingerprint density at radius 1 is 1.06 bits per heavy atom. The highest BCUT2D eigenvalue weighted by Gasteiger charge is 2.26. The molecular weight excluding hydrogens is 419 g/mol. The first-order chi connectivity index (χ1) is 15.8. The van der Waals surface area contributed by atoms with E-state index in [1.54, 1.807) is 30.3 Å². The van der Waals surface area contributed by atoms with Gasteiger partial charge in [0, 0.05) is 19.5 Å². The second-order valence-electron chi connectivity index (χ2n) is 8.63. The van der Waals surface area contributed by atoms with E-state index in [1.807, 2.05) is 36.9 Å². The summed E-state index contributed by atoms with van der Waals surface area (Å²) >= 11 is 0. The molecule has 0 saturated carbocycles. The highest BCUT2D eigenvalue weighted by molar-refractivity contribution is 5.79. The number of likely N-dealkylation sites (N-methyl/N-ethyl adjacent to an activating group) is 1. The van der Waals surface area contributed by atoms with Gasteiger partial charge in [0.05, 0.1) is 22.6 Å². The Morgan fingerprint density at radius 3 is 2.42 bits per heavy atom. The van der Waals surface area contributed by atoms with E-state index in [1.165, 1.54) is 16.7 Å². The monoisotopic (exact) mass is 452 g/mol. The third kappa shape index (κ3) is 5.85. The average Bonchev–Trinajstić information content (AvgIpc) is 2.80. The number of hydrogen-bond donors (Lipinski definition) is 0. The number of para-hydroxylation sites is 1. The Balaban J connectivity index is 2.13. The van der Waals surface area contributed by atoms with Crippen LogP contribution in [0, 0.1) is 5.82 Å². The molecule has 1 aromatic heterocycles. The van der Waals surface area contributed by atoms with Crippen molar-refractivity contribution in [3.8, 4) is 5.69 Å². The minimum absolute atomic E-state index is 0.0471. The van der Waals surface area contributed by atoms with Crippen LogP contribution in [0.2, 0.25) is 0 Å². The topological polar surface area (TPSA) is 58.4 Å². The summed E-state index contributed by atoms with van der Waals surface area (Å²) in [5.41, 5.74) is 0.862. The molecule has 176 valence electrons. The summed E-state index contributed by atoms with van der Waals surface area (Å²) in [6.07, 6.45) is 3.32. The molecule has 1 heterocycles. The Morgan fingerprint density at radius 2 is 1.76 bits per heavy atom. The maximum Gasteiger partial charge on any atom is 0.266 e. The minimum atomic E-state index is -0.443. The zero-order valence-electron chi connectivity index (χ0n) is 19.9. The van der Waals surface area contributed by atoms with Gasteiger partial charge in [-0.25, -0.2) is 9.37 Å². The Hall–Kier alpha value is -3.06. The van der Waals surface area contributed by atoms with Crippen molar-refractivity contribution in [1.82, 2.24) is 19.4 Å². The summed E-state index contributed by atoms with van der Waals surface area (Å²) in [4.78, 5) is 35.4. The number of halogens is 1. The van der Waals surface area contributed by atoms with E-state index in [0.29, 0.717) is 41.9 Å². The SMILES string of the molecule is CCCCCC(=O)N(CCN(C)C)[C@H](C)c1nc2ccccc2c(=O)n1-c1ccc(F)cc1. The number of aromatic nitrogens is 2. The van der Waals surface area contributed by atoms with Crippen molar-refractivity contribution in [3.05, 3.63) is 70.5 Å². The lowest BCUT2D eigenvalue weighted by atomic mass is 10.1. The van der Waals surface area contributed by atoms with Crippen LogP contribution in [0.1, 0.15) is 51.4 Å². The molecule has 6 nitrogen and oxygen atoms in total. The van der Waals surface area contributed by atoms with Gasteiger partial charge in [-0.1, -0.05) is 31.9 Å². The number of rotatable bonds is 10. The van der Waals surface area contributed by atoms with Gasteiger partial charge in [0.25, 0.3) is 5.56 Å². The molecule has 0 aliphatic carbocycles. The van der Waals surface area contributed by atoms with Gasteiger partial charge < -0.3 is 9.80 Å². The van der Waals surface area contributed by atoms with Crippen LogP contribution in [-0.4, -0.2) is 52.4 Å². The van der Waals surface area contributed by atoms with Crippen LogP contribution in [0.3, 0.4) is 0 Å². The van der Waals surface area contributed by atoms with Crippen LogP contribution in [0.25, 0.3) is 16.6 Å². The van der Waals surface area contributed by atoms with Crippen molar-refractivity contribution < 1.29 is 9.18 Å². The molecule has 0 aliphatic heterocycles. The molecular formula is C26H33FN4O2. The van der Waals surface area contributed by atoms with Crippen molar-refractivity contribution in [2.24, 2.45) is 0 Å². The lowest BCUT2D eigenvalue weighted by molar-refractivity contribution is -0.133. The quantitative estimate of drug-likeness (QED) is 0.423. The number of carbonyl (C=O) groups is 1. The Kier molecular flexibility index (Phi) is 8.33. The standard InChI is InChI=1S/C26H33FN4O2/c1-5-6-7-12-24(32)30(18-17-29(3)4)19(2)25-28-23-11-9-8-10-22(23)26(33)31(25)21-15-13-20(27)14-16-21/h8-11,13-16,19H,5-7,12,17-18H2,1-4H3/t19-/m1/s1. The molecule has 0 aliphatic rings. The number of unbranched alkanes of at least 4 members (excludes halogenated alkanes) is 2. The molecule has 0 fully saturated rings. The van der Waals surface area contributed by atoms with Crippen molar-refractivity contribution in [1.29, 1.82) is 0 Å². The maximum atomic E-state index is 13.6. The lowest BCUT2D eigenvalue weighted by Gasteiger charge is -2.31. The van der Waals surface area contributed by atoms with E-state index in [-0.39, 0.29) is 17.3 Å². The molecule has 3 rings (SSSR count). The molecule has 7 heteroatoms. The summed E-state index contributed by atoms with van der Waals surface area (Å²) in [5, 5.41) is 0.479. The predicted octanol–water partition coefficient (Wildman–Crippen LogP) is 4.56. The first-order valence-electron chi connectivity index (χ1n) is 11.5. The normalized spacial score (nSPS) is 12.3. The van der Waals surface area contributed by atoms with Gasteiger partial charge in [-0.15, -0.1) is 0 Å². The summed E-state index contributed by atoms with van der Waals surface area (Å²) < 4.78 is 15.1. The first kappa shape index (κ1) is 24.6. The molecule has 1 amide bonds. The predicted molar refractivity (Wildman–Crippen MR) is 130 cm³/mol. The molecule has 0 bridgehead atoms. The largest absolute Gasteiger partial charge is 0.331 e. The molecule has 0 saturated heterocycles. The molecule has 0 radical (unpaired) electrons. The number of amides is 1. The molecule has 33 heavy (non-hydrogen) atoms. The van der Waals surface area contributed by atoms with Crippen molar-refractivity contribution in [3.63, 3.8) is 0 Å². The van der Waals surface area contributed by atoms with Gasteiger partial charge in [-0.3, -0.25) is 14.2 Å². The molecule has 2 aromatic carbocycles. The fourth-order valence-corrected chi connectivity index (χ4v) is 3.92. The number of nitrogens with zero attached hydrogens (tertiary/aromatic N) is 4. The Labute approximate surface area is 194 Å². The van der Waals surface area contributed by atoms with E-state index in [2.05, 4.69) is 6.92 Å². The van der Waals surface area contributed by atoms with Gasteiger partial charge in [0.2, 0.25) is 5.91 Å². The third-order valence-electron chi connectivity index (χ3n) is 5.83. The van der Waals surface area contributed by atoms with Gasteiger partial charge in [0.15, 0.2) is 0 Å². The van der Waals surface area contributed by atoms with Crippen LogP contribution in [0.4, 0.5) is 4.39 Å². The van der Waals surface area contributed by atoms with Crippen molar-refractivity contribution in [2.75, 3.05) is 27.2 Å². The summed E-state index contributed by atoms with van der Waals surface area (Å²) in [7, 11) is 3.93. The van der Waals surface area contributed by atoms with Gasteiger partial charge in [0.1, 0.15) is 11.6 Å². The van der Waals surface area contributed by atoms with Crippen LogP contribution < -0.4 is 5.56 Å². The van der Waals surface area contributed by atoms with Crippen LogP contribution in [-0.2, 0) is 4.79 Å². The highest BCUT2D eigenvalue weighted by Crippen LogP contribution is 2.24. The first-order valence-corrected chi connectivity index (χ1v) is 11.5. The maximum absolute atomic E-state index is 13.6. The summed E-state index contributed by atoms with van der Waals surface area (Å²) in [5.74, 6) is 0.132. The average molecular weight is 453 g/mol.